The first-order chi connectivity index (χ1) is 9.49. The predicted molar refractivity (Wildman–Crippen MR) is 80.3 cm³/mol. The lowest BCUT2D eigenvalue weighted by atomic mass is 10.0. The molecule has 0 aromatic heterocycles. The Morgan fingerprint density at radius 2 is 2.15 bits per heavy atom. The molecular weight excluding hydrogens is 254 g/mol. The normalized spacial score (nSPS) is 22.4. The van der Waals surface area contributed by atoms with Gasteiger partial charge in [0.05, 0.1) is 23.5 Å². The summed E-state index contributed by atoms with van der Waals surface area (Å²) in [6.07, 6.45) is 0.614. The van der Waals surface area contributed by atoms with Crippen molar-refractivity contribution in [2.24, 2.45) is 5.92 Å². The van der Waals surface area contributed by atoms with Crippen LogP contribution in [0.15, 0.2) is 24.3 Å². The van der Waals surface area contributed by atoms with Gasteiger partial charge < -0.3 is 16.2 Å². The Bertz CT molecular complexity index is 476. The molecule has 110 valence electrons. The van der Waals surface area contributed by atoms with E-state index in [1.54, 1.807) is 12.1 Å². The number of nitrogen functional groups attached to an aromatic ring is 1. The van der Waals surface area contributed by atoms with Gasteiger partial charge in [-0.2, -0.15) is 0 Å². The number of anilines is 2. The summed E-state index contributed by atoms with van der Waals surface area (Å²) in [4.78, 5) is 14.4. The van der Waals surface area contributed by atoms with Gasteiger partial charge >= 0.3 is 0 Å². The topological polar surface area (TPSA) is 78.6 Å². The van der Waals surface area contributed by atoms with E-state index in [9.17, 15) is 9.90 Å². The summed E-state index contributed by atoms with van der Waals surface area (Å²) in [5.41, 5.74) is 7.04. The van der Waals surface area contributed by atoms with Crippen LogP contribution in [0.2, 0.25) is 0 Å². The highest BCUT2D eigenvalue weighted by atomic mass is 16.3. The first-order valence-electron chi connectivity index (χ1n) is 7.06. The molecule has 20 heavy (non-hydrogen) atoms. The molecule has 1 heterocycles. The van der Waals surface area contributed by atoms with E-state index in [1.165, 1.54) is 0 Å². The molecule has 4 N–H and O–H groups in total. The van der Waals surface area contributed by atoms with Crippen molar-refractivity contribution in [1.82, 2.24) is 4.90 Å². The number of hydrogen-bond donors (Lipinski definition) is 3. The molecule has 3 atom stereocenters. The van der Waals surface area contributed by atoms with Gasteiger partial charge in [-0.25, -0.2) is 0 Å². The zero-order chi connectivity index (χ0) is 14.7. The number of rotatable bonds is 4. The first-order valence-corrected chi connectivity index (χ1v) is 7.06. The van der Waals surface area contributed by atoms with Crippen molar-refractivity contribution in [3.63, 3.8) is 0 Å². The molecule has 1 fully saturated rings. The molecule has 0 saturated carbocycles. The number of amides is 1. The quantitative estimate of drug-likeness (QED) is 0.725. The van der Waals surface area contributed by atoms with Crippen molar-refractivity contribution in [2.75, 3.05) is 24.1 Å². The minimum Gasteiger partial charge on any atom is -0.397 e. The van der Waals surface area contributed by atoms with E-state index in [1.807, 2.05) is 26.0 Å². The number of aliphatic hydroxyl groups is 1. The lowest BCUT2D eigenvalue weighted by Crippen LogP contribution is -2.41. The third kappa shape index (κ3) is 3.29. The van der Waals surface area contributed by atoms with E-state index in [4.69, 9.17) is 5.73 Å². The van der Waals surface area contributed by atoms with Crippen LogP contribution in [0.4, 0.5) is 11.4 Å². The highest BCUT2D eigenvalue weighted by molar-refractivity contribution is 5.97. The Kier molecular flexibility index (Phi) is 4.62. The molecule has 5 heteroatoms. The largest absolute Gasteiger partial charge is 0.397 e. The molecule has 1 saturated heterocycles. The Hall–Kier alpha value is -1.59. The molecule has 1 amide bonds. The molecule has 0 aliphatic carbocycles. The SMILES string of the molecule is CC(O)C1CCN(C(C)C(=O)Nc2ccccc2N)C1. The van der Waals surface area contributed by atoms with E-state index in [2.05, 4.69) is 10.2 Å². The van der Waals surface area contributed by atoms with Crippen LogP contribution >= 0.6 is 0 Å². The number of carbonyl (C=O) groups is 1. The van der Waals surface area contributed by atoms with Crippen molar-refractivity contribution in [2.45, 2.75) is 32.4 Å². The maximum absolute atomic E-state index is 12.3. The van der Waals surface area contributed by atoms with Gasteiger partial charge in [0.25, 0.3) is 0 Å². The van der Waals surface area contributed by atoms with Gasteiger partial charge in [-0.3, -0.25) is 9.69 Å². The third-order valence-electron chi connectivity index (χ3n) is 4.08. The van der Waals surface area contributed by atoms with Gasteiger partial charge in [0.1, 0.15) is 0 Å². The van der Waals surface area contributed by atoms with E-state index < -0.39 is 0 Å². The number of hydrogen-bond acceptors (Lipinski definition) is 4. The van der Waals surface area contributed by atoms with E-state index in [-0.39, 0.29) is 24.0 Å². The number of benzene rings is 1. The Labute approximate surface area is 119 Å². The van der Waals surface area contributed by atoms with Gasteiger partial charge in [0, 0.05) is 6.54 Å². The van der Waals surface area contributed by atoms with Crippen LogP contribution in [-0.4, -0.2) is 41.1 Å². The van der Waals surface area contributed by atoms with Crippen LogP contribution in [0.1, 0.15) is 20.3 Å². The number of likely N-dealkylation sites (tertiary alicyclic amines) is 1. The second-order valence-corrected chi connectivity index (χ2v) is 5.54. The van der Waals surface area contributed by atoms with Crippen molar-refractivity contribution in [3.05, 3.63) is 24.3 Å². The number of nitrogens with one attached hydrogen (secondary N) is 1. The zero-order valence-electron chi connectivity index (χ0n) is 12.0. The fourth-order valence-electron chi connectivity index (χ4n) is 2.57. The minimum atomic E-state index is -0.319. The molecule has 2 rings (SSSR count). The van der Waals surface area contributed by atoms with Crippen LogP contribution in [0.25, 0.3) is 0 Å². The smallest absolute Gasteiger partial charge is 0.241 e. The van der Waals surface area contributed by atoms with Crippen molar-refractivity contribution < 1.29 is 9.90 Å². The molecule has 0 spiro atoms. The molecule has 1 aromatic rings. The summed E-state index contributed by atoms with van der Waals surface area (Å²) < 4.78 is 0. The minimum absolute atomic E-state index is 0.0610. The number of nitrogens with two attached hydrogens (primary N) is 1. The Balaban J connectivity index is 1.95. The number of para-hydroxylation sites is 2. The van der Waals surface area contributed by atoms with E-state index >= 15 is 0 Å². The van der Waals surface area contributed by atoms with Gasteiger partial charge in [-0.15, -0.1) is 0 Å². The summed E-state index contributed by atoms with van der Waals surface area (Å²) in [5, 5.41) is 12.5. The average Bonchev–Trinajstić information content (AvgIpc) is 2.90. The van der Waals surface area contributed by atoms with Crippen LogP contribution in [0.5, 0.6) is 0 Å². The van der Waals surface area contributed by atoms with Crippen molar-refractivity contribution >= 4 is 17.3 Å². The first kappa shape index (κ1) is 14.8. The van der Waals surface area contributed by atoms with Gasteiger partial charge in [-0.1, -0.05) is 12.1 Å². The second-order valence-electron chi connectivity index (χ2n) is 5.54. The van der Waals surface area contributed by atoms with Crippen molar-refractivity contribution in [1.29, 1.82) is 0 Å². The van der Waals surface area contributed by atoms with E-state index in [0.717, 1.165) is 19.5 Å². The number of aliphatic hydroxyl groups excluding tert-OH is 1. The summed E-state index contributed by atoms with van der Waals surface area (Å²) in [6, 6.07) is 7.01. The van der Waals surface area contributed by atoms with Crippen LogP contribution in [0, 0.1) is 5.92 Å². The molecule has 1 aliphatic rings. The molecule has 3 unspecified atom stereocenters. The average molecular weight is 277 g/mol. The predicted octanol–water partition coefficient (Wildman–Crippen LogP) is 1.30. The Morgan fingerprint density at radius 1 is 1.45 bits per heavy atom. The fraction of sp³-hybridized carbons (Fsp3) is 0.533. The Morgan fingerprint density at radius 3 is 2.75 bits per heavy atom. The van der Waals surface area contributed by atoms with Crippen LogP contribution in [-0.2, 0) is 4.79 Å². The lowest BCUT2D eigenvalue weighted by Gasteiger charge is -2.24. The highest BCUT2D eigenvalue weighted by Crippen LogP contribution is 2.23. The van der Waals surface area contributed by atoms with Crippen molar-refractivity contribution in [3.8, 4) is 0 Å². The lowest BCUT2D eigenvalue weighted by molar-refractivity contribution is -0.120. The summed E-state index contributed by atoms with van der Waals surface area (Å²) in [7, 11) is 0. The van der Waals surface area contributed by atoms with Crippen LogP contribution in [0.3, 0.4) is 0 Å². The molecule has 1 aromatic carbocycles. The monoisotopic (exact) mass is 277 g/mol. The van der Waals surface area contributed by atoms with E-state index in [0.29, 0.717) is 11.4 Å². The molecule has 1 aliphatic heterocycles. The summed E-state index contributed by atoms with van der Waals surface area (Å²) in [5.74, 6) is 0.196. The molecular formula is C15H23N3O2. The number of nitrogens with zero attached hydrogens (tertiary/aromatic N) is 1. The highest BCUT2D eigenvalue weighted by Gasteiger charge is 2.31. The molecule has 0 radical (unpaired) electrons. The third-order valence-corrected chi connectivity index (χ3v) is 4.08. The summed E-state index contributed by atoms with van der Waals surface area (Å²) in [6.45, 7) is 5.30. The maximum atomic E-state index is 12.3. The second kappa shape index (κ2) is 6.24. The molecule has 5 nitrogen and oxygen atoms in total. The number of carbonyl (C=O) groups excluding carboxylic acids is 1. The molecule has 0 bridgehead atoms. The van der Waals surface area contributed by atoms with Gasteiger partial charge in [0.2, 0.25) is 5.91 Å². The standard InChI is InChI=1S/C15H23N3O2/c1-10(18-8-7-12(9-18)11(2)19)15(20)17-14-6-4-3-5-13(14)16/h3-6,10-12,19H,7-9,16H2,1-2H3,(H,17,20). The zero-order valence-corrected chi connectivity index (χ0v) is 12.0. The van der Waals surface area contributed by atoms with Gasteiger partial charge in [0.15, 0.2) is 0 Å². The fourth-order valence-corrected chi connectivity index (χ4v) is 2.57. The maximum Gasteiger partial charge on any atom is 0.241 e. The summed E-state index contributed by atoms with van der Waals surface area (Å²) >= 11 is 0. The van der Waals surface area contributed by atoms with Gasteiger partial charge in [-0.05, 0) is 44.9 Å². The van der Waals surface area contributed by atoms with Crippen LogP contribution < -0.4 is 11.1 Å².